The number of hydrogen-bond acceptors (Lipinski definition) is 4. The van der Waals surface area contributed by atoms with Crippen LogP contribution in [0.5, 0.6) is 0 Å². The number of nitro benzene ring substituents is 1. The molecule has 0 radical (unpaired) electrons. The Balaban J connectivity index is 2.20. The Bertz CT molecular complexity index is 599. The molecule has 5 nitrogen and oxygen atoms in total. The minimum atomic E-state index is -0.396. The fourth-order valence-electron chi connectivity index (χ4n) is 1.85. The van der Waals surface area contributed by atoms with Crippen LogP contribution in [0, 0.1) is 10.1 Å². The lowest BCUT2D eigenvalue weighted by molar-refractivity contribution is -0.383. The molecular weight excluding hydrogens is 256 g/mol. The summed E-state index contributed by atoms with van der Waals surface area (Å²) in [5, 5.41) is 14.0. The zero-order valence-corrected chi connectivity index (χ0v) is 11.2. The molecule has 2 rings (SSSR count). The van der Waals surface area contributed by atoms with Crippen molar-refractivity contribution < 1.29 is 9.66 Å². The molecule has 0 heterocycles. The fraction of sp³-hybridized carbons (Fsp3) is 0.200. The highest BCUT2D eigenvalue weighted by molar-refractivity contribution is 5.69. The van der Waals surface area contributed by atoms with Crippen LogP contribution in [0.3, 0.4) is 0 Å². The SMILES string of the molecule is CCOCc1cccc(Nc2ccccc2[N+](=O)[O-])c1. The summed E-state index contributed by atoms with van der Waals surface area (Å²) in [7, 11) is 0. The van der Waals surface area contributed by atoms with Gasteiger partial charge < -0.3 is 10.1 Å². The van der Waals surface area contributed by atoms with Crippen LogP contribution in [0.1, 0.15) is 12.5 Å². The summed E-state index contributed by atoms with van der Waals surface area (Å²) >= 11 is 0. The van der Waals surface area contributed by atoms with Gasteiger partial charge in [-0.25, -0.2) is 0 Å². The lowest BCUT2D eigenvalue weighted by Crippen LogP contribution is -1.98. The van der Waals surface area contributed by atoms with Gasteiger partial charge in [0.15, 0.2) is 0 Å². The van der Waals surface area contributed by atoms with Crippen molar-refractivity contribution in [2.45, 2.75) is 13.5 Å². The van der Waals surface area contributed by atoms with Crippen LogP contribution in [-0.2, 0) is 11.3 Å². The molecule has 104 valence electrons. The third kappa shape index (κ3) is 3.55. The number of nitro groups is 1. The zero-order chi connectivity index (χ0) is 14.4. The molecule has 0 aliphatic heterocycles. The first-order valence-electron chi connectivity index (χ1n) is 6.38. The van der Waals surface area contributed by atoms with Crippen LogP contribution >= 0.6 is 0 Å². The number of rotatable bonds is 6. The number of para-hydroxylation sites is 2. The van der Waals surface area contributed by atoms with Crippen molar-refractivity contribution in [3.8, 4) is 0 Å². The number of ether oxygens (including phenoxy) is 1. The Hall–Kier alpha value is -2.40. The van der Waals surface area contributed by atoms with Crippen LogP contribution in [0.15, 0.2) is 48.5 Å². The first-order chi connectivity index (χ1) is 9.70. The molecule has 0 bridgehead atoms. The molecule has 5 heteroatoms. The number of hydrogen-bond donors (Lipinski definition) is 1. The van der Waals surface area contributed by atoms with Gasteiger partial charge in [0.2, 0.25) is 0 Å². The predicted octanol–water partition coefficient (Wildman–Crippen LogP) is 3.87. The summed E-state index contributed by atoms with van der Waals surface area (Å²) in [5.74, 6) is 0. The summed E-state index contributed by atoms with van der Waals surface area (Å²) in [4.78, 5) is 10.6. The highest BCUT2D eigenvalue weighted by Gasteiger charge is 2.12. The van der Waals surface area contributed by atoms with Gasteiger partial charge in [0, 0.05) is 18.4 Å². The van der Waals surface area contributed by atoms with Gasteiger partial charge in [-0.15, -0.1) is 0 Å². The normalized spacial score (nSPS) is 10.2. The second kappa shape index (κ2) is 6.68. The van der Waals surface area contributed by atoms with Crippen LogP contribution in [-0.4, -0.2) is 11.5 Å². The Morgan fingerprint density at radius 1 is 1.20 bits per heavy atom. The summed E-state index contributed by atoms with van der Waals surface area (Å²) in [6.45, 7) is 3.13. The van der Waals surface area contributed by atoms with Crippen molar-refractivity contribution in [1.82, 2.24) is 0 Å². The highest BCUT2D eigenvalue weighted by atomic mass is 16.6. The third-order valence-electron chi connectivity index (χ3n) is 2.78. The summed E-state index contributed by atoms with van der Waals surface area (Å²) < 4.78 is 5.35. The Morgan fingerprint density at radius 2 is 2.00 bits per heavy atom. The minimum absolute atomic E-state index is 0.0581. The topological polar surface area (TPSA) is 64.4 Å². The minimum Gasteiger partial charge on any atom is -0.377 e. The molecule has 0 saturated heterocycles. The first kappa shape index (κ1) is 14.0. The molecule has 0 aliphatic carbocycles. The largest absolute Gasteiger partial charge is 0.377 e. The quantitative estimate of drug-likeness (QED) is 0.640. The van der Waals surface area contributed by atoms with E-state index in [0.29, 0.717) is 18.9 Å². The number of benzene rings is 2. The summed E-state index contributed by atoms with van der Waals surface area (Å²) in [6, 6.07) is 14.2. The fourth-order valence-corrected chi connectivity index (χ4v) is 1.85. The van der Waals surface area contributed by atoms with Gasteiger partial charge in [-0.3, -0.25) is 10.1 Å². The standard InChI is InChI=1S/C15H16N2O3/c1-2-20-11-12-6-5-7-13(10-12)16-14-8-3-4-9-15(14)17(18)19/h3-10,16H,2,11H2,1H3. The molecule has 20 heavy (non-hydrogen) atoms. The monoisotopic (exact) mass is 272 g/mol. The maximum absolute atomic E-state index is 11.0. The van der Waals surface area contributed by atoms with Crippen molar-refractivity contribution in [3.05, 3.63) is 64.2 Å². The lowest BCUT2D eigenvalue weighted by Gasteiger charge is -2.09. The van der Waals surface area contributed by atoms with Crippen LogP contribution in [0.4, 0.5) is 17.1 Å². The Kier molecular flexibility index (Phi) is 4.68. The maximum Gasteiger partial charge on any atom is 0.292 e. The second-order valence-corrected chi connectivity index (χ2v) is 4.24. The van der Waals surface area contributed by atoms with Crippen LogP contribution < -0.4 is 5.32 Å². The molecule has 0 unspecified atom stereocenters. The van der Waals surface area contributed by atoms with E-state index in [1.807, 2.05) is 31.2 Å². The molecule has 2 aromatic rings. The lowest BCUT2D eigenvalue weighted by atomic mass is 10.2. The van der Waals surface area contributed by atoms with Crippen molar-refractivity contribution in [2.24, 2.45) is 0 Å². The average Bonchev–Trinajstić information content (AvgIpc) is 2.46. The molecule has 0 amide bonds. The molecule has 0 spiro atoms. The average molecular weight is 272 g/mol. The van der Waals surface area contributed by atoms with Gasteiger partial charge in [0.05, 0.1) is 11.5 Å². The second-order valence-electron chi connectivity index (χ2n) is 4.24. The van der Waals surface area contributed by atoms with Gasteiger partial charge in [0.25, 0.3) is 5.69 Å². The van der Waals surface area contributed by atoms with E-state index >= 15 is 0 Å². The van der Waals surface area contributed by atoms with Crippen molar-refractivity contribution in [3.63, 3.8) is 0 Å². The summed E-state index contributed by atoms with van der Waals surface area (Å²) in [6.07, 6.45) is 0. The van der Waals surface area contributed by atoms with Crippen LogP contribution in [0.25, 0.3) is 0 Å². The van der Waals surface area contributed by atoms with E-state index in [1.54, 1.807) is 18.2 Å². The van der Waals surface area contributed by atoms with Crippen molar-refractivity contribution in [2.75, 3.05) is 11.9 Å². The van der Waals surface area contributed by atoms with Crippen LogP contribution in [0.2, 0.25) is 0 Å². The molecule has 0 aromatic heterocycles. The van der Waals surface area contributed by atoms with Gasteiger partial charge in [-0.2, -0.15) is 0 Å². The summed E-state index contributed by atoms with van der Waals surface area (Å²) in [5.41, 5.74) is 2.36. The molecule has 0 fully saturated rings. The molecule has 1 N–H and O–H groups in total. The van der Waals surface area contributed by atoms with E-state index < -0.39 is 4.92 Å². The Morgan fingerprint density at radius 3 is 2.75 bits per heavy atom. The molecular formula is C15H16N2O3. The van der Waals surface area contributed by atoms with E-state index in [-0.39, 0.29) is 5.69 Å². The smallest absolute Gasteiger partial charge is 0.292 e. The van der Waals surface area contributed by atoms with Crippen molar-refractivity contribution in [1.29, 1.82) is 0 Å². The third-order valence-corrected chi connectivity index (χ3v) is 2.78. The number of nitrogens with zero attached hydrogens (tertiary/aromatic N) is 1. The first-order valence-corrected chi connectivity index (χ1v) is 6.38. The van der Waals surface area contributed by atoms with E-state index in [1.165, 1.54) is 6.07 Å². The molecule has 2 aromatic carbocycles. The predicted molar refractivity (Wildman–Crippen MR) is 78.2 cm³/mol. The molecule has 0 saturated carbocycles. The number of nitrogens with one attached hydrogen (secondary N) is 1. The van der Waals surface area contributed by atoms with Gasteiger partial charge >= 0.3 is 0 Å². The van der Waals surface area contributed by atoms with Gasteiger partial charge in [-0.1, -0.05) is 24.3 Å². The van der Waals surface area contributed by atoms with E-state index in [4.69, 9.17) is 4.74 Å². The Labute approximate surface area is 117 Å². The van der Waals surface area contributed by atoms with Gasteiger partial charge in [0.1, 0.15) is 5.69 Å². The van der Waals surface area contributed by atoms with Gasteiger partial charge in [-0.05, 0) is 30.7 Å². The van der Waals surface area contributed by atoms with E-state index in [2.05, 4.69) is 5.32 Å². The van der Waals surface area contributed by atoms with E-state index in [0.717, 1.165) is 11.3 Å². The van der Waals surface area contributed by atoms with E-state index in [9.17, 15) is 10.1 Å². The zero-order valence-electron chi connectivity index (χ0n) is 11.2. The van der Waals surface area contributed by atoms with Crippen molar-refractivity contribution >= 4 is 17.1 Å². The molecule has 0 atom stereocenters. The number of anilines is 2. The highest BCUT2D eigenvalue weighted by Crippen LogP contribution is 2.27. The maximum atomic E-state index is 11.0. The molecule has 0 aliphatic rings.